The first kappa shape index (κ1) is 33.3. The van der Waals surface area contributed by atoms with Crippen LogP contribution in [0, 0.1) is 12.8 Å². The molecule has 0 radical (unpaired) electrons. The maximum absolute atomic E-state index is 12.9. The van der Waals surface area contributed by atoms with Crippen molar-refractivity contribution >= 4 is 35.0 Å². The van der Waals surface area contributed by atoms with Crippen molar-refractivity contribution in [2.45, 2.75) is 46.0 Å². The standard InChI is InChI=1S/C35H44N4O6/c1-25(21-34(41)43-3)24-45-32-23-29(15-16-31(32)44-20-8-19-39-17-6-7-18-39)36-33(40)22-27-11-13-28(14-12-27)37-35(42)38-30-10-5-4-9-26(30)2/h4-5,9-16,23,25H,6-8,17-22,24H2,1-3H3,(H,36,40)(H2,37,38,42). The van der Waals surface area contributed by atoms with Crippen LogP contribution in [-0.2, 0) is 20.7 Å². The molecule has 1 atom stereocenters. The van der Waals surface area contributed by atoms with Crippen molar-refractivity contribution in [1.82, 2.24) is 4.90 Å². The number of anilines is 3. The van der Waals surface area contributed by atoms with E-state index >= 15 is 0 Å². The summed E-state index contributed by atoms with van der Waals surface area (Å²) in [4.78, 5) is 39.4. The Morgan fingerprint density at radius 1 is 0.867 bits per heavy atom. The first-order valence-corrected chi connectivity index (χ1v) is 15.5. The van der Waals surface area contributed by atoms with Crippen molar-refractivity contribution in [3.05, 3.63) is 77.9 Å². The molecule has 3 amide bonds. The van der Waals surface area contributed by atoms with E-state index in [1.165, 1.54) is 20.0 Å². The molecule has 10 heteroatoms. The average molecular weight is 617 g/mol. The van der Waals surface area contributed by atoms with Crippen LogP contribution in [0.2, 0.25) is 0 Å². The zero-order chi connectivity index (χ0) is 32.0. The maximum atomic E-state index is 12.9. The van der Waals surface area contributed by atoms with Gasteiger partial charge in [0.1, 0.15) is 0 Å². The van der Waals surface area contributed by atoms with E-state index in [2.05, 4.69) is 20.9 Å². The summed E-state index contributed by atoms with van der Waals surface area (Å²) < 4.78 is 16.9. The lowest BCUT2D eigenvalue weighted by Crippen LogP contribution is -2.22. The highest BCUT2D eigenvalue weighted by Crippen LogP contribution is 2.31. The van der Waals surface area contributed by atoms with Gasteiger partial charge < -0.3 is 35.1 Å². The number of esters is 1. The van der Waals surface area contributed by atoms with Gasteiger partial charge in [-0.25, -0.2) is 4.79 Å². The first-order chi connectivity index (χ1) is 21.8. The molecule has 0 aromatic heterocycles. The van der Waals surface area contributed by atoms with Crippen LogP contribution < -0.4 is 25.4 Å². The predicted molar refractivity (Wildman–Crippen MR) is 176 cm³/mol. The molecule has 3 aromatic carbocycles. The number of methoxy groups -OCH3 is 1. The first-order valence-electron chi connectivity index (χ1n) is 15.5. The van der Waals surface area contributed by atoms with Gasteiger partial charge in [-0.05, 0) is 80.7 Å². The lowest BCUT2D eigenvalue weighted by molar-refractivity contribution is -0.141. The molecule has 1 unspecified atom stereocenters. The van der Waals surface area contributed by atoms with Gasteiger partial charge in [0.25, 0.3) is 0 Å². The number of benzene rings is 3. The van der Waals surface area contributed by atoms with Crippen molar-refractivity contribution in [3.8, 4) is 11.5 Å². The minimum Gasteiger partial charge on any atom is -0.490 e. The number of aryl methyl sites for hydroxylation is 1. The Bertz CT molecular complexity index is 1420. The molecule has 240 valence electrons. The van der Waals surface area contributed by atoms with E-state index in [1.54, 1.807) is 42.5 Å². The van der Waals surface area contributed by atoms with Crippen molar-refractivity contribution < 1.29 is 28.6 Å². The van der Waals surface area contributed by atoms with Crippen molar-refractivity contribution in [1.29, 1.82) is 0 Å². The number of urea groups is 1. The monoisotopic (exact) mass is 616 g/mol. The summed E-state index contributed by atoms with van der Waals surface area (Å²) in [5.41, 5.74) is 3.69. The topological polar surface area (TPSA) is 118 Å². The fourth-order valence-electron chi connectivity index (χ4n) is 5.05. The molecule has 1 heterocycles. The summed E-state index contributed by atoms with van der Waals surface area (Å²) in [6, 6.07) is 19.7. The lowest BCUT2D eigenvalue weighted by atomic mass is 10.1. The van der Waals surface area contributed by atoms with Gasteiger partial charge >= 0.3 is 12.0 Å². The predicted octanol–water partition coefficient (Wildman–Crippen LogP) is 6.26. The molecule has 0 bridgehead atoms. The third-order valence-corrected chi connectivity index (χ3v) is 7.54. The summed E-state index contributed by atoms with van der Waals surface area (Å²) in [5, 5.41) is 8.58. The molecule has 10 nitrogen and oxygen atoms in total. The molecular weight excluding hydrogens is 572 g/mol. The second-order valence-electron chi connectivity index (χ2n) is 11.4. The minimum atomic E-state index is -0.341. The van der Waals surface area contributed by atoms with Crippen molar-refractivity contribution in [2.24, 2.45) is 5.92 Å². The Kier molecular flexibility index (Phi) is 12.6. The number of para-hydroxylation sites is 1. The number of rotatable bonds is 15. The number of amides is 3. The van der Waals surface area contributed by atoms with Gasteiger partial charge in [-0.15, -0.1) is 0 Å². The second-order valence-corrected chi connectivity index (χ2v) is 11.4. The smallest absolute Gasteiger partial charge is 0.323 e. The minimum absolute atomic E-state index is 0.0651. The number of hydrogen-bond donors (Lipinski definition) is 3. The fraction of sp³-hybridized carbons (Fsp3) is 0.400. The van der Waals surface area contributed by atoms with Crippen LogP contribution in [0.3, 0.4) is 0 Å². The molecule has 1 aliphatic rings. The Hall–Kier alpha value is -4.57. The molecule has 3 N–H and O–H groups in total. The van der Waals surface area contributed by atoms with E-state index in [9.17, 15) is 14.4 Å². The Morgan fingerprint density at radius 2 is 1.60 bits per heavy atom. The summed E-state index contributed by atoms with van der Waals surface area (Å²) in [7, 11) is 1.37. The third kappa shape index (κ3) is 11.1. The van der Waals surface area contributed by atoms with E-state index in [-0.39, 0.29) is 36.7 Å². The van der Waals surface area contributed by atoms with Crippen LogP contribution in [0.4, 0.5) is 21.9 Å². The zero-order valence-electron chi connectivity index (χ0n) is 26.4. The lowest BCUT2D eigenvalue weighted by Gasteiger charge is -2.18. The van der Waals surface area contributed by atoms with E-state index < -0.39 is 0 Å². The van der Waals surface area contributed by atoms with Gasteiger partial charge in [0.2, 0.25) is 5.91 Å². The van der Waals surface area contributed by atoms with Crippen molar-refractivity contribution in [3.63, 3.8) is 0 Å². The Balaban J connectivity index is 1.31. The average Bonchev–Trinajstić information content (AvgIpc) is 3.54. The van der Waals surface area contributed by atoms with Gasteiger partial charge in [-0.1, -0.05) is 37.3 Å². The van der Waals surface area contributed by atoms with Gasteiger partial charge in [0, 0.05) is 35.6 Å². The Labute approximate surface area is 265 Å². The number of likely N-dealkylation sites (tertiary alicyclic amines) is 1. The second kappa shape index (κ2) is 17.1. The molecule has 1 aliphatic heterocycles. The molecule has 0 spiro atoms. The molecular formula is C35H44N4O6. The number of ether oxygens (including phenoxy) is 3. The van der Waals surface area contributed by atoms with Crippen LogP contribution in [0.5, 0.6) is 11.5 Å². The number of nitrogens with one attached hydrogen (secondary N) is 3. The highest BCUT2D eigenvalue weighted by atomic mass is 16.5. The molecule has 1 fully saturated rings. The third-order valence-electron chi connectivity index (χ3n) is 7.54. The fourth-order valence-corrected chi connectivity index (χ4v) is 5.05. The van der Waals surface area contributed by atoms with Gasteiger partial charge in [0.05, 0.1) is 33.2 Å². The molecule has 0 aliphatic carbocycles. The van der Waals surface area contributed by atoms with Gasteiger partial charge in [-0.2, -0.15) is 0 Å². The number of carbonyl (C=O) groups is 3. The zero-order valence-corrected chi connectivity index (χ0v) is 26.4. The van der Waals surface area contributed by atoms with Crippen LogP contribution in [0.1, 0.15) is 43.7 Å². The molecule has 3 aromatic rings. The van der Waals surface area contributed by atoms with Crippen LogP contribution in [0.15, 0.2) is 66.7 Å². The molecule has 45 heavy (non-hydrogen) atoms. The number of carbonyl (C=O) groups excluding carboxylic acids is 3. The summed E-state index contributed by atoms with van der Waals surface area (Å²) in [5.74, 6) is 0.543. The van der Waals surface area contributed by atoms with E-state index in [1.807, 2.05) is 38.1 Å². The van der Waals surface area contributed by atoms with Crippen molar-refractivity contribution in [2.75, 3.05) is 55.9 Å². The van der Waals surface area contributed by atoms with Crippen LogP contribution in [0.25, 0.3) is 0 Å². The number of hydrogen-bond acceptors (Lipinski definition) is 7. The molecule has 4 rings (SSSR count). The van der Waals surface area contributed by atoms with E-state index in [0.29, 0.717) is 36.1 Å². The SMILES string of the molecule is COC(=O)CC(C)COc1cc(NC(=O)Cc2ccc(NC(=O)Nc3ccccc3C)cc2)ccc1OCCCN1CCCC1. The molecule has 0 saturated carbocycles. The van der Waals surface area contributed by atoms with Crippen LogP contribution >= 0.6 is 0 Å². The van der Waals surface area contributed by atoms with E-state index in [4.69, 9.17) is 14.2 Å². The highest BCUT2D eigenvalue weighted by Gasteiger charge is 2.15. The summed E-state index contributed by atoms with van der Waals surface area (Å²) >= 11 is 0. The maximum Gasteiger partial charge on any atom is 0.323 e. The van der Waals surface area contributed by atoms with Crippen LogP contribution in [-0.4, -0.2) is 62.8 Å². The number of nitrogens with zero attached hydrogens (tertiary/aromatic N) is 1. The quantitative estimate of drug-likeness (QED) is 0.136. The Morgan fingerprint density at radius 3 is 2.33 bits per heavy atom. The van der Waals surface area contributed by atoms with E-state index in [0.717, 1.165) is 42.9 Å². The normalized spacial score (nSPS) is 13.5. The largest absolute Gasteiger partial charge is 0.490 e. The molecule has 1 saturated heterocycles. The van der Waals surface area contributed by atoms with Gasteiger partial charge in [0.15, 0.2) is 11.5 Å². The van der Waals surface area contributed by atoms with Gasteiger partial charge in [-0.3, -0.25) is 9.59 Å². The summed E-state index contributed by atoms with van der Waals surface area (Å²) in [6.45, 7) is 7.97. The highest BCUT2D eigenvalue weighted by molar-refractivity contribution is 6.00. The summed E-state index contributed by atoms with van der Waals surface area (Å²) in [6.07, 6.45) is 3.81.